The Labute approximate surface area is 492 Å². The van der Waals surface area contributed by atoms with E-state index in [4.69, 9.17) is 13.5 Å². The zero-order chi connectivity index (χ0) is 61.1. The van der Waals surface area contributed by atoms with Crippen LogP contribution in [0.5, 0.6) is 5.75 Å². The van der Waals surface area contributed by atoms with Gasteiger partial charge in [0.2, 0.25) is 0 Å². The number of nitriles is 4. The third-order valence-electron chi connectivity index (χ3n) is 14.8. The zero-order valence-corrected chi connectivity index (χ0v) is 47.1. The zero-order valence-electron chi connectivity index (χ0n) is 45.3. The topological polar surface area (TPSA) is 157 Å². The van der Waals surface area contributed by atoms with Crippen molar-refractivity contribution in [2.75, 3.05) is 12.3 Å². The summed E-state index contributed by atoms with van der Waals surface area (Å²) < 4.78 is 114. The summed E-state index contributed by atoms with van der Waals surface area (Å²) in [4.78, 5) is 31.1. The molecule has 0 saturated heterocycles. The first-order chi connectivity index (χ1) is 41.4. The number of ketones is 2. The van der Waals surface area contributed by atoms with Crippen LogP contribution in [0.15, 0.2) is 283 Å². The van der Waals surface area contributed by atoms with Crippen LogP contribution in [0.1, 0.15) is 31.8 Å². The van der Waals surface area contributed by atoms with E-state index in [1.165, 1.54) is 24.3 Å². The Kier molecular flexibility index (Phi) is 17.6. The van der Waals surface area contributed by atoms with Crippen molar-refractivity contribution in [2.24, 2.45) is 0 Å². The second-order valence-corrected chi connectivity index (χ2v) is 28.7. The van der Waals surface area contributed by atoms with Crippen molar-refractivity contribution in [3.8, 4) is 30.0 Å². The second kappa shape index (κ2) is 25.1. The molecule has 9 aromatic rings. The SMILES string of the molecule is N#CC(C#N)=C(CP(OB(Oc1cc(C(F)(F)F)cc(C(F)(F)F)c1)OP(CC(C(=O)c1ccccc1)=C(C#N)C#N)(c1ccccc1)(c1ccccc1)c1ccccc1)(c1ccccc1)(c1ccccc1)c1ccccc1)C(=O)c1ccccc1. The molecular formula is C68H47BF6N4O5P2. The number of nitrogens with zero attached hydrogens (tertiary/aromatic N) is 4. The number of hydrogen-bond acceptors (Lipinski definition) is 9. The molecule has 0 aliphatic carbocycles. The monoisotopic (exact) mass is 1190 g/mol. The summed E-state index contributed by atoms with van der Waals surface area (Å²) >= 11 is 0. The summed E-state index contributed by atoms with van der Waals surface area (Å²) in [7, 11) is -2.67. The van der Waals surface area contributed by atoms with Crippen LogP contribution in [0.4, 0.5) is 26.3 Å². The van der Waals surface area contributed by atoms with Gasteiger partial charge < -0.3 is 0 Å². The van der Waals surface area contributed by atoms with Gasteiger partial charge in [-0.25, -0.2) is 0 Å². The fourth-order valence-electron chi connectivity index (χ4n) is 10.9. The van der Waals surface area contributed by atoms with Crippen LogP contribution >= 0.6 is 13.7 Å². The van der Waals surface area contributed by atoms with E-state index in [0.29, 0.717) is 12.1 Å². The maximum absolute atomic E-state index is 15.6. The summed E-state index contributed by atoms with van der Waals surface area (Å²) in [5, 5.41) is 45.3. The van der Waals surface area contributed by atoms with Crippen LogP contribution < -0.4 is 36.5 Å². The molecule has 0 heterocycles. The van der Waals surface area contributed by atoms with Gasteiger partial charge in [0.25, 0.3) is 0 Å². The summed E-state index contributed by atoms with van der Waals surface area (Å²) in [5.41, 5.74) is -5.67. The van der Waals surface area contributed by atoms with E-state index in [-0.39, 0.29) is 49.0 Å². The molecule has 0 spiro atoms. The molecule has 0 aliphatic rings. The van der Waals surface area contributed by atoms with E-state index in [1.54, 1.807) is 218 Å². The van der Waals surface area contributed by atoms with Crippen LogP contribution in [0.25, 0.3) is 0 Å². The Balaban J connectivity index is 1.54. The molecule has 0 aromatic heterocycles. The quantitative estimate of drug-likeness (QED) is 0.0181. The molecule has 9 rings (SSSR count). The van der Waals surface area contributed by atoms with Crippen LogP contribution in [0, 0.1) is 45.3 Å². The van der Waals surface area contributed by atoms with Crippen molar-refractivity contribution in [2.45, 2.75) is 12.4 Å². The number of alkyl halides is 6. The molecule has 86 heavy (non-hydrogen) atoms. The normalized spacial score (nSPS) is 12.3. The van der Waals surface area contributed by atoms with Gasteiger partial charge in [-0.1, -0.05) is 0 Å². The molecular weight excluding hydrogens is 1140 g/mol. The van der Waals surface area contributed by atoms with Crippen molar-refractivity contribution in [1.82, 2.24) is 0 Å². The van der Waals surface area contributed by atoms with E-state index in [0.717, 1.165) is 0 Å². The average Bonchev–Trinajstić information content (AvgIpc) is 1.36. The predicted octanol–water partition coefficient (Wildman–Crippen LogP) is 13.5. The number of carbonyl (C=O) groups is 2. The number of carbonyl (C=O) groups excluding carboxylic acids is 2. The van der Waals surface area contributed by atoms with Gasteiger partial charge in [-0.15, -0.1) is 0 Å². The third-order valence-corrected chi connectivity index (χ3v) is 26.3. The number of hydrogen-bond donors (Lipinski definition) is 0. The molecule has 0 atom stereocenters. The third kappa shape index (κ3) is 11.4. The van der Waals surface area contributed by atoms with Gasteiger partial charge in [0.15, 0.2) is 0 Å². The van der Waals surface area contributed by atoms with Gasteiger partial charge in [-0.3, -0.25) is 0 Å². The second-order valence-electron chi connectivity index (χ2n) is 19.7. The van der Waals surface area contributed by atoms with Crippen molar-refractivity contribution in [3.05, 3.63) is 305 Å². The first-order valence-corrected chi connectivity index (χ1v) is 31.1. The Hall–Kier alpha value is -10.0. The number of Topliss-reactive ketones (excluding diaryl/α,β-unsaturated/α-hetero) is 2. The first kappa shape index (κ1) is 60.6. The van der Waals surface area contributed by atoms with Crippen LogP contribution in [-0.4, -0.2) is 31.2 Å². The van der Waals surface area contributed by atoms with E-state index in [1.807, 2.05) is 24.3 Å². The number of benzene rings is 9. The minimum atomic E-state index is -5.74. The Morgan fingerprint density at radius 2 is 0.605 bits per heavy atom. The van der Waals surface area contributed by atoms with E-state index in [2.05, 4.69) is 0 Å². The molecule has 0 radical (unpaired) electrons. The standard InChI is InChI=1S/C68H47BF6N4O5P2/c70-67(71,72)54-41-55(68(73,74)75)43-56(42-54)82-69(83-85(57-29-13-3-14-30-57,58-31-15-4-16-32-58,59-33-17-5-18-34-59)48-63(52(44-76)45-77)65(80)50-25-9-1-10-26-50)84-86(60-35-19-6-20-36-60,61-37-21-7-22-38-61,62-39-23-8-24-40-62)49-64(53(46-78)47-79)66(81)51-27-11-2-12-28-51/h1-43H,48-49H2. The van der Waals surface area contributed by atoms with Crippen LogP contribution in [-0.2, 0) is 21.2 Å². The van der Waals surface area contributed by atoms with Gasteiger partial charge in [-0.05, 0) is 0 Å². The van der Waals surface area contributed by atoms with Gasteiger partial charge in [-0.2, -0.15) is 0 Å². The van der Waals surface area contributed by atoms with Crippen molar-refractivity contribution in [1.29, 1.82) is 21.0 Å². The van der Waals surface area contributed by atoms with E-state index in [9.17, 15) is 21.0 Å². The Morgan fingerprint density at radius 3 is 0.826 bits per heavy atom. The summed E-state index contributed by atoms with van der Waals surface area (Å²) in [5.74, 6) is -2.73. The Bertz CT molecular complexity index is 3680. The molecule has 0 unspecified atom stereocenters. The average molecular weight is 1190 g/mol. The molecule has 0 amide bonds. The molecule has 0 bridgehead atoms. The molecule has 0 N–H and O–H groups in total. The van der Waals surface area contributed by atoms with Crippen molar-refractivity contribution < 1.29 is 49.5 Å². The molecule has 9 nitrogen and oxygen atoms in total. The maximum atomic E-state index is 15.6. The molecule has 18 heteroatoms. The summed E-state index contributed by atoms with van der Waals surface area (Å²) in [6, 6.07) is 73.1. The number of rotatable bonds is 20. The number of halogens is 6. The Morgan fingerprint density at radius 1 is 0.372 bits per heavy atom. The van der Waals surface area contributed by atoms with E-state index >= 15 is 35.9 Å². The molecule has 0 saturated carbocycles. The molecule has 0 aliphatic heterocycles. The number of allylic oxidation sites excluding steroid dienone is 4. The van der Waals surface area contributed by atoms with Crippen molar-refractivity contribution >= 4 is 64.4 Å². The predicted molar refractivity (Wildman–Crippen MR) is 323 cm³/mol. The van der Waals surface area contributed by atoms with Crippen LogP contribution in [0.2, 0.25) is 0 Å². The molecule has 0 fully saturated rings. The fraction of sp³-hybridized carbons (Fsp3) is 0.0588. The minimum absolute atomic E-state index is 0.0272. The summed E-state index contributed by atoms with van der Waals surface area (Å²) in [6.07, 6.45) is -12.3. The van der Waals surface area contributed by atoms with Gasteiger partial charge in [0, 0.05) is 0 Å². The van der Waals surface area contributed by atoms with Gasteiger partial charge in [0.05, 0.1) is 0 Å². The van der Waals surface area contributed by atoms with Gasteiger partial charge in [0.1, 0.15) is 0 Å². The van der Waals surface area contributed by atoms with Gasteiger partial charge >= 0.3 is 495 Å². The fourth-order valence-corrected chi connectivity index (χ4v) is 22.3. The van der Waals surface area contributed by atoms with E-state index < -0.39 is 96.4 Å². The van der Waals surface area contributed by atoms with Crippen LogP contribution in [0.3, 0.4) is 0 Å². The summed E-state index contributed by atoms with van der Waals surface area (Å²) in [6.45, 7) is -11.5. The molecule has 424 valence electrons. The van der Waals surface area contributed by atoms with Crippen molar-refractivity contribution in [3.63, 3.8) is 0 Å². The first-order valence-electron chi connectivity index (χ1n) is 26.4. The molecule has 9 aromatic carbocycles.